The Labute approximate surface area is 175 Å². The molecule has 2 atom stereocenters. The van der Waals surface area contributed by atoms with Gasteiger partial charge in [-0.15, -0.1) is 17.5 Å². The van der Waals surface area contributed by atoms with Gasteiger partial charge in [0.1, 0.15) is 11.8 Å². The van der Waals surface area contributed by atoms with Gasteiger partial charge in [-0.25, -0.2) is 9.37 Å². The summed E-state index contributed by atoms with van der Waals surface area (Å²) in [6, 6.07) is 7.17. The third-order valence-electron chi connectivity index (χ3n) is 4.36. The van der Waals surface area contributed by atoms with E-state index in [9.17, 15) is 9.18 Å². The number of pyridine rings is 1. The van der Waals surface area contributed by atoms with E-state index in [2.05, 4.69) is 25.8 Å². The van der Waals surface area contributed by atoms with Gasteiger partial charge in [-0.3, -0.25) is 4.79 Å². The fraction of sp³-hybridized carbons (Fsp3) is 0.235. The number of tetrazole rings is 1. The fourth-order valence-corrected chi connectivity index (χ4v) is 3.14. The molecule has 0 amide bonds. The Morgan fingerprint density at radius 3 is 2.76 bits per heavy atom. The molecule has 3 heterocycles. The molecule has 0 radical (unpaired) electrons. The van der Waals surface area contributed by atoms with Crippen LogP contribution in [0.3, 0.4) is 0 Å². The van der Waals surface area contributed by atoms with Crippen LogP contribution in [-0.4, -0.2) is 48.9 Å². The van der Waals surface area contributed by atoms with Crippen LogP contribution in [0.1, 0.15) is 18.2 Å². The lowest BCUT2D eigenvalue weighted by Crippen LogP contribution is -2.29. The Morgan fingerprint density at radius 2 is 2.10 bits per heavy atom. The number of nitrogens with zero attached hydrogens (tertiary/aromatic N) is 5. The summed E-state index contributed by atoms with van der Waals surface area (Å²) in [5.41, 5.74) is 0.663. The molecule has 1 saturated heterocycles. The molecule has 1 aliphatic heterocycles. The van der Waals surface area contributed by atoms with E-state index in [0.29, 0.717) is 30.2 Å². The molecular formula is C17H15Cl2FN6O3. The average molecular weight is 441 g/mol. The van der Waals surface area contributed by atoms with E-state index in [1.54, 1.807) is 28.9 Å². The highest BCUT2D eigenvalue weighted by Gasteiger charge is 2.33. The molecule has 1 aliphatic rings. The number of hydrogen-bond donors (Lipinski definition) is 2. The van der Waals surface area contributed by atoms with Gasteiger partial charge in [0.25, 0.3) is 5.88 Å². The summed E-state index contributed by atoms with van der Waals surface area (Å²) in [6.07, 6.45) is 1.69. The second-order valence-corrected chi connectivity index (χ2v) is 6.65. The van der Waals surface area contributed by atoms with Crippen LogP contribution in [0, 0.1) is 5.82 Å². The lowest BCUT2D eigenvalue weighted by Gasteiger charge is -2.10. The van der Waals surface area contributed by atoms with Crippen LogP contribution in [0.15, 0.2) is 36.5 Å². The van der Waals surface area contributed by atoms with Crippen molar-refractivity contribution >= 4 is 30.0 Å². The predicted molar refractivity (Wildman–Crippen MR) is 102 cm³/mol. The van der Waals surface area contributed by atoms with E-state index in [4.69, 9.17) is 21.4 Å². The van der Waals surface area contributed by atoms with Crippen molar-refractivity contribution in [2.45, 2.75) is 18.4 Å². The van der Waals surface area contributed by atoms with Gasteiger partial charge in [0, 0.05) is 18.7 Å². The van der Waals surface area contributed by atoms with Crippen LogP contribution in [0.2, 0.25) is 5.02 Å². The molecule has 0 saturated carbocycles. The standard InChI is InChI=1S/C17H14ClFN6O3.ClH/c18-10-6-13(19)16(21-8-10)28-12-3-1-11(2-4-12)25-15(22-23-24-25)9-5-14(17(26)27)20-7-9;/h1-4,6,8-9,14,20H,5,7H2,(H,26,27);1H/t9-,14-;/m0./s1. The number of aromatic nitrogens is 5. The molecule has 0 bridgehead atoms. The fourth-order valence-electron chi connectivity index (χ4n) is 3.00. The van der Waals surface area contributed by atoms with Crippen LogP contribution in [-0.2, 0) is 4.79 Å². The highest BCUT2D eigenvalue weighted by molar-refractivity contribution is 6.30. The SMILES string of the molecule is Cl.O=C(O)[C@@H]1C[C@H](c2nnnn2-c2ccc(Oc3ncc(Cl)cc3F)cc2)CN1. The number of benzene rings is 1. The first-order chi connectivity index (χ1) is 13.5. The molecule has 2 N–H and O–H groups in total. The van der Waals surface area contributed by atoms with Crippen LogP contribution < -0.4 is 10.1 Å². The molecule has 152 valence electrons. The molecule has 3 aromatic rings. The molecule has 1 aromatic carbocycles. The summed E-state index contributed by atoms with van der Waals surface area (Å²) in [6.45, 7) is 0.472. The van der Waals surface area contributed by atoms with Crippen LogP contribution in [0.25, 0.3) is 5.69 Å². The summed E-state index contributed by atoms with van der Waals surface area (Å²) < 4.78 is 20.8. The first-order valence-electron chi connectivity index (χ1n) is 8.35. The van der Waals surface area contributed by atoms with Crippen molar-refractivity contribution in [2.24, 2.45) is 0 Å². The summed E-state index contributed by atoms with van der Waals surface area (Å²) >= 11 is 5.68. The average Bonchev–Trinajstić information content (AvgIpc) is 3.33. The quantitative estimate of drug-likeness (QED) is 0.621. The zero-order valence-electron chi connectivity index (χ0n) is 14.7. The van der Waals surface area contributed by atoms with Crippen molar-refractivity contribution in [3.8, 4) is 17.3 Å². The van der Waals surface area contributed by atoms with Crippen molar-refractivity contribution in [1.82, 2.24) is 30.5 Å². The molecule has 4 rings (SSSR count). The number of ether oxygens (including phenoxy) is 1. The van der Waals surface area contributed by atoms with Crippen molar-refractivity contribution in [2.75, 3.05) is 6.54 Å². The number of rotatable bonds is 5. The number of aliphatic carboxylic acids is 1. The minimum atomic E-state index is -0.897. The van der Waals surface area contributed by atoms with Crippen molar-refractivity contribution in [1.29, 1.82) is 0 Å². The number of carboxylic acids is 1. The van der Waals surface area contributed by atoms with E-state index < -0.39 is 17.8 Å². The third kappa shape index (κ3) is 4.44. The van der Waals surface area contributed by atoms with Crippen molar-refractivity contribution in [3.63, 3.8) is 0 Å². The van der Waals surface area contributed by atoms with Gasteiger partial charge in [-0.05, 0) is 47.2 Å². The second kappa shape index (κ2) is 8.68. The molecular weight excluding hydrogens is 426 g/mol. The topological polar surface area (TPSA) is 115 Å². The maximum Gasteiger partial charge on any atom is 0.320 e. The second-order valence-electron chi connectivity index (χ2n) is 6.22. The highest BCUT2D eigenvalue weighted by atomic mass is 35.5. The highest BCUT2D eigenvalue weighted by Crippen LogP contribution is 2.28. The van der Waals surface area contributed by atoms with Gasteiger partial charge in [0.05, 0.1) is 10.7 Å². The maximum absolute atomic E-state index is 13.8. The van der Waals surface area contributed by atoms with Gasteiger partial charge in [-0.2, -0.15) is 4.68 Å². The van der Waals surface area contributed by atoms with E-state index in [-0.39, 0.29) is 29.2 Å². The Hall–Kier alpha value is -2.82. The maximum atomic E-state index is 13.8. The monoisotopic (exact) mass is 440 g/mol. The molecule has 2 aromatic heterocycles. The Bertz CT molecular complexity index is 1020. The van der Waals surface area contributed by atoms with Gasteiger partial charge < -0.3 is 15.2 Å². The van der Waals surface area contributed by atoms with Crippen LogP contribution in [0.4, 0.5) is 4.39 Å². The van der Waals surface area contributed by atoms with Crippen LogP contribution >= 0.6 is 24.0 Å². The zero-order valence-corrected chi connectivity index (χ0v) is 16.3. The summed E-state index contributed by atoms with van der Waals surface area (Å²) in [7, 11) is 0. The normalized spacial score (nSPS) is 18.3. The number of nitrogens with one attached hydrogen (secondary N) is 1. The molecule has 9 nitrogen and oxygen atoms in total. The molecule has 1 fully saturated rings. The van der Waals surface area contributed by atoms with Crippen LogP contribution in [0.5, 0.6) is 11.6 Å². The van der Waals surface area contributed by atoms with Gasteiger partial charge in [0.2, 0.25) is 0 Å². The predicted octanol–water partition coefficient (Wildman–Crippen LogP) is 2.59. The molecule has 0 spiro atoms. The van der Waals surface area contributed by atoms with E-state index >= 15 is 0 Å². The largest absolute Gasteiger partial charge is 0.480 e. The Morgan fingerprint density at radius 1 is 1.34 bits per heavy atom. The molecule has 12 heteroatoms. The lowest BCUT2D eigenvalue weighted by atomic mass is 10.0. The van der Waals surface area contributed by atoms with E-state index in [1.807, 2.05) is 0 Å². The number of halogens is 3. The summed E-state index contributed by atoms with van der Waals surface area (Å²) in [5.74, 6) is -0.931. The third-order valence-corrected chi connectivity index (χ3v) is 4.56. The molecule has 29 heavy (non-hydrogen) atoms. The van der Waals surface area contributed by atoms with Crippen molar-refractivity contribution < 1.29 is 19.0 Å². The van der Waals surface area contributed by atoms with Gasteiger partial charge in [0.15, 0.2) is 11.6 Å². The minimum Gasteiger partial charge on any atom is -0.480 e. The van der Waals surface area contributed by atoms with E-state index in [0.717, 1.165) is 6.07 Å². The lowest BCUT2D eigenvalue weighted by molar-refractivity contribution is -0.139. The smallest absolute Gasteiger partial charge is 0.320 e. The first kappa shape index (κ1) is 20.9. The number of hydrogen-bond acceptors (Lipinski definition) is 7. The number of carbonyl (C=O) groups is 1. The van der Waals surface area contributed by atoms with E-state index in [1.165, 1.54) is 6.20 Å². The number of carboxylic acid groups (broad SMARTS) is 1. The van der Waals surface area contributed by atoms with Gasteiger partial charge in [-0.1, -0.05) is 11.6 Å². The first-order valence-corrected chi connectivity index (χ1v) is 8.73. The Kier molecular flexibility index (Phi) is 6.26. The molecule has 0 unspecified atom stereocenters. The Balaban J connectivity index is 0.00000240. The molecule has 0 aliphatic carbocycles. The van der Waals surface area contributed by atoms with Crippen molar-refractivity contribution in [3.05, 3.63) is 53.2 Å². The minimum absolute atomic E-state index is 0. The summed E-state index contributed by atoms with van der Waals surface area (Å²) in [5, 5.41) is 24.0. The van der Waals surface area contributed by atoms with Gasteiger partial charge >= 0.3 is 5.97 Å². The summed E-state index contributed by atoms with van der Waals surface area (Å²) in [4.78, 5) is 14.9. The zero-order chi connectivity index (χ0) is 19.7.